The normalized spacial score (nSPS) is 16.7. The lowest BCUT2D eigenvalue weighted by molar-refractivity contribution is -0.125. The molecular formula is C21H26N4O2. The lowest BCUT2D eigenvalue weighted by Crippen LogP contribution is -2.41. The van der Waals surface area contributed by atoms with E-state index in [9.17, 15) is 9.59 Å². The molecule has 0 aliphatic heterocycles. The van der Waals surface area contributed by atoms with E-state index in [2.05, 4.69) is 10.3 Å². The molecule has 1 amide bonds. The van der Waals surface area contributed by atoms with Gasteiger partial charge in [-0.25, -0.2) is 4.52 Å². The Labute approximate surface area is 158 Å². The first-order valence-electron chi connectivity index (χ1n) is 9.90. The van der Waals surface area contributed by atoms with Crippen molar-refractivity contribution in [3.8, 4) is 0 Å². The summed E-state index contributed by atoms with van der Waals surface area (Å²) in [6.45, 7) is 3.91. The Morgan fingerprint density at radius 3 is 2.74 bits per heavy atom. The molecule has 3 aromatic rings. The maximum atomic E-state index is 13.2. The second kappa shape index (κ2) is 7.18. The van der Waals surface area contributed by atoms with Crippen LogP contribution in [0.4, 0.5) is 0 Å². The third-order valence-electron chi connectivity index (χ3n) is 5.63. The van der Waals surface area contributed by atoms with Gasteiger partial charge in [0.2, 0.25) is 5.91 Å². The predicted molar refractivity (Wildman–Crippen MR) is 106 cm³/mol. The number of nitrogens with one attached hydrogen (secondary N) is 1. The van der Waals surface area contributed by atoms with E-state index in [0.717, 1.165) is 29.4 Å². The molecule has 1 unspecified atom stereocenters. The number of hydrogen-bond donors (Lipinski definition) is 1. The van der Waals surface area contributed by atoms with Crippen molar-refractivity contribution in [1.82, 2.24) is 19.5 Å². The summed E-state index contributed by atoms with van der Waals surface area (Å²) in [5.41, 5.74) is 2.06. The number of benzene rings is 1. The Balaban J connectivity index is 1.84. The van der Waals surface area contributed by atoms with Gasteiger partial charge in [0, 0.05) is 23.2 Å². The predicted octanol–water partition coefficient (Wildman–Crippen LogP) is 3.36. The molecule has 0 bridgehead atoms. The average Bonchev–Trinajstić information content (AvgIpc) is 2.98. The van der Waals surface area contributed by atoms with E-state index in [-0.39, 0.29) is 23.6 Å². The number of fused-ring (bicyclic) bond motifs is 3. The van der Waals surface area contributed by atoms with E-state index in [0.29, 0.717) is 12.1 Å². The second-order valence-corrected chi connectivity index (χ2v) is 7.50. The number of carbonyl (C=O) groups excluding carboxylic acids is 1. The summed E-state index contributed by atoms with van der Waals surface area (Å²) in [5, 5.41) is 4.15. The van der Waals surface area contributed by atoms with Crippen LogP contribution >= 0.6 is 0 Å². The summed E-state index contributed by atoms with van der Waals surface area (Å²) in [7, 11) is 0. The number of aromatic nitrogens is 3. The quantitative estimate of drug-likeness (QED) is 0.770. The van der Waals surface area contributed by atoms with Gasteiger partial charge in [0.25, 0.3) is 5.56 Å². The Bertz CT molecular complexity index is 1040. The molecule has 2 heterocycles. The van der Waals surface area contributed by atoms with Gasteiger partial charge >= 0.3 is 0 Å². The summed E-state index contributed by atoms with van der Waals surface area (Å²) in [5.74, 6) is 0.0464. The highest BCUT2D eigenvalue weighted by molar-refractivity contribution is 5.94. The van der Waals surface area contributed by atoms with Gasteiger partial charge < -0.3 is 5.32 Å². The van der Waals surface area contributed by atoms with Crippen LogP contribution in [0.1, 0.15) is 57.2 Å². The molecule has 1 saturated carbocycles. The minimum atomic E-state index is -0.350. The first kappa shape index (κ1) is 17.8. The topological polar surface area (TPSA) is 68.4 Å². The molecule has 142 valence electrons. The lowest BCUT2D eigenvalue weighted by atomic mass is 9.95. The van der Waals surface area contributed by atoms with Gasteiger partial charge in [-0.05, 0) is 38.3 Å². The first-order valence-corrected chi connectivity index (χ1v) is 9.90. The van der Waals surface area contributed by atoms with Gasteiger partial charge in [0.05, 0.1) is 5.52 Å². The monoisotopic (exact) mass is 366 g/mol. The van der Waals surface area contributed by atoms with Crippen LogP contribution in [0.25, 0.3) is 16.6 Å². The highest BCUT2D eigenvalue weighted by Gasteiger charge is 2.26. The molecule has 4 rings (SSSR count). The number of carbonyl (C=O) groups is 1. The summed E-state index contributed by atoms with van der Waals surface area (Å²) < 4.78 is 3.92. The molecule has 0 saturated heterocycles. The van der Waals surface area contributed by atoms with E-state index in [1.54, 1.807) is 0 Å². The van der Waals surface area contributed by atoms with E-state index in [1.807, 2.05) is 47.3 Å². The Morgan fingerprint density at radius 1 is 1.26 bits per heavy atom. The van der Waals surface area contributed by atoms with Gasteiger partial charge in [-0.15, -0.1) is 0 Å². The third-order valence-corrected chi connectivity index (χ3v) is 5.63. The molecule has 0 spiro atoms. The summed E-state index contributed by atoms with van der Waals surface area (Å²) in [4.78, 5) is 29.4. The van der Waals surface area contributed by atoms with Crippen molar-refractivity contribution in [1.29, 1.82) is 0 Å². The van der Waals surface area contributed by atoms with Crippen LogP contribution in [0.5, 0.6) is 0 Å². The highest BCUT2D eigenvalue weighted by atomic mass is 16.2. The van der Waals surface area contributed by atoms with Crippen LogP contribution in [0.2, 0.25) is 0 Å². The van der Waals surface area contributed by atoms with Crippen molar-refractivity contribution in [2.75, 3.05) is 0 Å². The fourth-order valence-electron chi connectivity index (χ4n) is 4.33. The zero-order valence-electron chi connectivity index (χ0n) is 15.9. The van der Waals surface area contributed by atoms with Crippen LogP contribution in [-0.2, 0) is 4.79 Å². The highest BCUT2D eigenvalue weighted by Crippen LogP contribution is 2.27. The lowest BCUT2D eigenvalue weighted by Gasteiger charge is -2.26. The smallest absolute Gasteiger partial charge is 0.273 e. The van der Waals surface area contributed by atoms with E-state index in [4.69, 9.17) is 0 Å². The summed E-state index contributed by atoms with van der Waals surface area (Å²) in [6, 6.07) is 9.28. The number of nitrogens with zero attached hydrogens (tertiary/aromatic N) is 3. The Hall–Kier alpha value is -2.63. The summed E-state index contributed by atoms with van der Waals surface area (Å²) >= 11 is 0. The molecule has 1 N–H and O–H groups in total. The molecule has 1 aliphatic rings. The minimum absolute atomic E-state index is 0.0464. The van der Waals surface area contributed by atoms with E-state index >= 15 is 0 Å². The molecule has 1 aliphatic carbocycles. The fourth-order valence-corrected chi connectivity index (χ4v) is 4.33. The van der Waals surface area contributed by atoms with Crippen molar-refractivity contribution >= 4 is 22.5 Å². The number of hydrogen-bond acceptors (Lipinski definition) is 3. The van der Waals surface area contributed by atoms with Gasteiger partial charge in [0.15, 0.2) is 5.65 Å². The van der Waals surface area contributed by atoms with E-state index < -0.39 is 0 Å². The Morgan fingerprint density at radius 2 is 2.00 bits per heavy atom. The van der Waals surface area contributed by atoms with Crippen molar-refractivity contribution in [2.24, 2.45) is 0 Å². The summed E-state index contributed by atoms with van der Waals surface area (Å²) in [6.07, 6.45) is 6.40. The maximum absolute atomic E-state index is 13.2. The third kappa shape index (κ3) is 3.13. The molecule has 6 nitrogen and oxygen atoms in total. The van der Waals surface area contributed by atoms with E-state index in [1.165, 1.54) is 25.3 Å². The molecule has 1 aromatic carbocycles. The zero-order valence-corrected chi connectivity index (χ0v) is 15.9. The largest absolute Gasteiger partial charge is 0.352 e. The maximum Gasteiger partial charge on any atom is 0.273 e. The standard InChI is InChI=1S/C21H26N4O2/c1-3-17(21(27)22-15-9-5-4-6-10-15)25-18-12-8-7-11-16(18)20-23-19(26)13-14(2)24(20)25/h7-8,11-13,15,17H,3-6,9-10H2,1-2H3,(H,22,27). The fraction of sp³-hybridized carbons (Fsp3) is 0.476. The second-order valence-electron chi connectivity index (χ2n) is 7.50. The van der Waals surface area contributed by atoms with Crippen LogP contribution in [-0.4, -0.2) is 26.1 Å². The minimum Gasteiger partial charge on any atom is -0.352 e. The molecule has 0 radical (unpaired) electrons. The van der Waals surface area contributed by atoms with Crippen LogP contribution in [0.15, 0.2) is 35.1 Å². The van der Waals surface area contributed by atoms with Crippen LogP contribution in [0, 0.1) is 6.92 Å². The van der Waals surface area contributed by atoms with Gasteiger partial charge in [-0.3, -0.25) is 14.3 Å². The SMILES string of the molecule is CCC(C(=O)NC1CCCCC1)n1c2ccccc2c2nc(=O)cc(C)n21. The van der Waals surface area contributed by atoms with Gasteiger partial charge in [-0.1, -0.05) is 38.3 Å². The number of amides is 1. The van der Waals surface area contributed by atoms with Crippen molar-refractivity contribution < 1.29 is 4.79 Å². The molecule has 1 fully saturated rings. The number of aryl methyl sites for hydroxylation is 1. The molecule has 1 atom stereocenters. The molecular weight excluding hydrogens is 340 g/mol. The molecule has 6 heteroatoms. The van der Waals surface area contributed by atoms with Gasteiger partial charge in [0.1, 0.15) is 6.04 Å². The van der Waals surface area contributed by atoms with Crippen molar-refractivity contribution in [3.63, 3.8) is 0 Å². The Kier molecular flexibility index (Phi) is 4.72. The van der Waals surface area contributed by atoms with Crippen molar-refractivity contribution in [3.05, 3.63) is 46.4 Å². The molecule has 27 heavy (non-hydrogen) atoms. The number of rotatable bonds is 4. The van der Waals surface area contributed by atoms with Crippen LogP contribution in [0.3, 0.4) is 0 Å². The molecule has 2 aromatic heterocycles. The van der Waals surface area contributed by atoms with Gasteiger partial charge in [-0.2, -0.15) is 4.98 Å². The average molecular weight is 366 g/mol. The first-order chi connectivity index (χ1) is 13.1. The number of para-hydroxylation sites is 1. The van der Waals surface area contributed by atoms with Crippen LogP contribution < -0.4 is 10.9 Å². The van der Waals surface area contributed by atoms with Crippen molar-refractivity contribution in [2.45, 2.75) is 64.5 Å². The zero-order chi connectivity index (χ0) is 19.0.